The summed E-state index contributed by atoms with van der Waals surface area (Å²) in [6.07, 6.45) is 4.23. The van der Waals surface area contributed by atoms with Crippen molar-refractivity contribution in [2.45, 2.75) is 43.9 Å². The third kappa shape index (κ3) is 6.33. The second kappa shape index (κ2) is 11.7. The number of guanidine groups is 1. The van der Waals surface area contributed by atoms with Crippen LogP contribution in [0, 0.1) is 0 Å². The fourth-order valence-corrected chi connectivity index (χ4v) is 5.27. The molecule has 0 heterocycles. The third-order valence-electron chi connectivity index (χ3n) is 5.47. The fourth-order valence-electron chi connectivity index (χ4n) is 3.92. The van der Waals surface area contributed by atoms with Crippen molar-refractivity contribution in [3.05, 3.63) is 54.6 Å². The maximum atomic E-state index is 12.2. The van der Waals surface area contributed by atoms with Gasteiger partial charge in [0.2, 0.25) is 0 Å². The van der Waals surface area contributed by atoms with E-state index in [4.69, 9.17) is 4.74 Å². The van der Waals surface area contributed by atoms with Gasteiger partial charge >= 0.3 is 0 Å². The summed E-state index contributed by atoms with van der Waals surface area (Å²) in [5.41, 5.74) is 2.24. The zero-order valence-corrected chi connectivity index (χ0v) is 18.8. The molecular weight excluding hydrogens is 394 g/mol. The lowest BCUT2D eigenvalue weighted by Crippen LogP contribution is -2.47. The minimum absolute atomic E-state index is 0.303. The minimum atomic E-state index is -0.717. The predicted octanol–water partition coefficient (Wildman–Crippen LogP) is 3.98. The molecule has 2 N–H and O–H groups in total. The molecule has 0 amide bonds. The van der Waals surface area contributed by atoms with Crippen LogP contribution in [0.4, 0.5) is 0 Å². The van der Waals surface area contributed by atoms with E-state index in [1.807, 2.05) is 43.3 Å². The van der Waals surface area contributed by atoms with Crippen LogP contribution in [0.15, 0.2) is 59.6 Å². The largest absolute Gasteiger partial charge is 0.491 e. The smallest absolute Gasteiger partial charge is 0.191 e. The summed E-state index contributed by atoms with van der Waals surface area (Å²) in [5, 5.41) is 7.14. The van der Waals surface area contributed by atoms with E-state index in [9.17, 15) is 4.21 Å². The van der Waals surface area contributed by atoms with Gasteiger partial charge < -0.3 is 15.4 Å². The van der Waals surface area contributed by atoms with Gasteiger partial charge in [-0.05, 0) is 30.9 Å². The SMILES string of the molecule is CCS(=O)C1CCCC(NC(=NC)NCCOc2ccccc2-c2ccccc2)C1. The number of ether oxygens (including phenoxy) is 1. The standard InChI is InChI=1S/C24H33N3O2S/c1-3-30(28)21-13-9-12-20(18-21)27-24(25-2)26-16-17-29-23-15-8-7-14-22(23)19-10-5-4-6-11-19/h4-8,10-11,14-15,20-21H,3,9,12-13,16-18H2,1-2H3,(H2,25,26,27). The van der Waals surface area contributed by atoms with Crippen molar-refractivity contribution in [3.63, 3.8) is 0 Å². The number of nitrogens with one attached hydrogen (secondary N) is 2. The molecule has 3 atom stereocenters. The van der Waals surface area contributed by atoms with Crippen molar-refractivity contribution >= 4 is 16.8 Å². The summed E-state index contributed by atoms with van der Waals surface area (Å²) in [7, 11) is 1.07. The van der Waals surface area contributed by atoms with Crippen LogP contribution in [0.3, 0.4) is 0 Å². The van der Waals surface area contributed by atoms with Gasteiger partial charge in [0.05, 0.1) is 6.54 Å². The van der Waals surface area contributed by atoms with Gasteiger partial charge in [-0.15, -0.1) is 0 Å². The number of hydrogen-bond donors (Lipinski definition) is 2. The number of para-hydroxylation sites is 1. The highest BCUT2D eigenvalue weighted by molar-refractivity contribution is 7.85. The van der Waals surface area contributed by atoms with E-state index >= 15 is 0 Å². The van der Waals surface area contributed by atoms with Crippen LogP contribution in [-0.2, 0) is 10.8 Å². The van der Waals surface area contributed by atoms with E-state index in [1.54, 1.807) is 7.05 Å². The molecule has 1 fully saturated rings. The Morgan fingerprint density at radius 3 is 2.67 bits per heavy atom. The quantitative estimate of drug-likeness (QED) is 0.380. The molecule has 1 aliphatic carbocycles. The average Bonchev–Trinajstić information content (AvgIpc) is 2.81. The number of benzene rings is 2. The molecule has 0 bridgehead atoms. The van der Waals surface area contributed by atoms with E-state index < -0.39 is 10.8 Å². The summed E-state index contributed by atoms with van der Waals surface area (Å²) >= 11 is 0. The zero-order chi connectivity index (χ0) is 21.2. The van der Waals surface area contributed by atoms with Crippen LogP contribution < -0.4 is 15.4 Å². The Bertz CT molecular complexity index is 841. The molecule has 5 nitrogen and oxygen atoms in total. The lowest BCUT2D eigenvalue weighted by atomic mass is 9.95. The Hall–Kier alpha value is -2.34. The number of aliphatic imine (C=N–C) groups is 1. The van der Waals surface area contributed by atoms with E-state index in [-0.39, 0.29) is 0 Å². The van der Waals surface area contributed by atoms with Crippen LogP contribution in [-0.4, -0.2) is 47.4 Å². The first-order valence-corrected chi connectivity index (χ1v) is 12.2. The second-order valence-corrected chi connectivity index (χ2v) is 9.51. The van der Waals surface area contributed by atoms with Crippen molar-refractivity contribution in [3.8, 4) is 16.9 Å². The van der Waals surface area contributed by atoms with Crippen LogP contribution in [0.1, 0.15) is 32.6 Å². The summed E-state index contributed by atoms with van der Waals surface area (Å²) in [5.74, 6) is 2.40. The molecule has 1 aliphatic rings. The Morgan fingerprint density at radius 2 is 1.90 bits per heavy atom. The zero-order valence-electron chi connectivity index (χ0n) is 18.0. The average molecular weight is 428 g/mol. The molecular formula is C24H33N3O2S. The summed E-state index contributed by atoms with van der Waals surface area (Å²) in [6.45, 7) is 3.20. The molecule has 3 rings (SSSR count). The van der Waals surface area contributed by atoms with Gasteiger partial charge in [0.15, 0.2) is 5.96 Å². The molecule has 2 aromatic rings. The Balaban J connectivity index is 1.48. The molecule has 3 unspecified atom stereocenters. The first-order valence-electron chi connectivity index (χ1n) is 10.8. The topological polar surface area (TPSA) is 62.7 Å². The van der Waals surface area contributed by atoms with Gasteiger partial charge in [-0.3, -0.25) is 9.20 Å². The maximum Gasteiger partial charge on any atom is 0.191 e. The van der Waals surface area contributed by atoms with Gasteiger partial charge in [0, 0.05) is 40.5 Å². The molecule has 0 aliphatic heterocycles. The van der Waals surface area contributed by atoms with E-state index in [2.05, 4.69) is 33.8 Å². The van der Waals surface area contributed by atoms with E-state index in [1.165, 1.54) is 0 Å². The first-order chi connectivity index (χ1) is 14.7. The molecule has 0 aromatic heterocycles. The third-order valence-corrected chi connectivity index (χ3v) is 7.21. The number of nitrogens with zero attached hydrogens (tertiary/aromatic N) is 1. The molecule has 1 saturated carbocycles. The van der Waals surface area contributed by atoms with Crippen molar-refractivity contribution < 1.29 is 8.95 Å². The Kier molecular flexibility index (Phi) is 8.75. The molecule has 0 radical (unpaired) electrons. The van der Waals surface area contributed by atoms with Gasteiger partial charge in [-0.1, -0.05) is 61.9 Å². The van der Waals surface area contributed by atoms with Gasteiger partial charge in [0.1, 0.15) is 12.4 Å². The highest BCUT2D eigenvalue weighted by atomic mass is 32.2. The second-order valence-electron chi connectivity index (χ2n) is 7.51. The lowest BCUT2D eigenvalue weighted by molar-refractivity contribution is 0.322. The summed E-state index contributed by atoms with van der Waals surface area (Å²) in [6, 6.07) is 18.7. The maximum absolute atomic E-state index is 12.2. The van der Waals surface area contributed by atoms with Gasteiger partial charge in [-0.2, -0.15) is 0 Å². The molecule has 162 valence electrons. The van der Waals surface area contributed by atoms with Gasteiger partial charge in [-0.25, -0.2) is 0 Å². The molecule has 0 spiro atoms. The highest BCUT2D eigenvalue weighted by Gasteiger charge is 2.25. The van der Waals surface area contributed by atoms with Crippen molar-refractivity contribution in [2.24, 2.45) is 4.99 Å². The van der Waals surface area contributed by atoms with E-state index in [0.717, 1.165) is 54.3 Å². The molecule has 6 heteroatoms. The fraction of sp³-hybridized carbons (Fsp3) is 0.458. The first kappa shape index (κ1) is 22.3. The number of rotatable bonds is 8. The van der Waals surface area contributed by atoms with Crippen LogP contribution >= 0.6 is 0 Å². The normalized spacial score (nSPS) is 20.4. The Labute approximate surface area is 182 Å². The number of hydrogen-bond acceptors (Lipinski definition) is 3. The van der Waals surface area contributed by atoms with Crippen LogP contribution in [0.25, 0.3) is 11.1 Å². The highest BCUT2D eigenvalue weighted by Crippen LogP contribution is 2.29. The minimum Gasteiger partial charge on any atom is -0.491 e. The van der Waals surface area contributed by atoms with Crippen molar-refractivity contribution in [1.29, 1.82) is 0 Å². The molecule has 2 aromatic carbocycles. The predicted molar refractivity (Wildman–Crippen MR) is 127 cm³/mol. The summed E-state index contributed by atoms with van der Waals surface area (Å²) < 4.78 is 18.2. The van der Waals surface area contributed by atoms with Crippen LogP contribution in [0.5, 0.6) is 5.75 Å². The molecule has 30 heavy (non-hydrogen) atoms. The van der Waals surface area contributed by atoms with Crippen molar-refractivity contribution in [2.75, 3.05) is 26.0 Å². The van der Waals surface area contributed by atoms with Crippen LogP contribution in [0.2, 0.25) is 0 Å². The lowest BCUT2D eigenvalue weighted by Gasteiger charge is -2.30. The summed E-state index contributed by atoms with van der Waals surface area (Å²) in [4.78, 5) is 4.34. The van der Waals surface area contributed by atoms with Gasteiger partial charge in [0.25, 0.3) is 0 Å². The van der Waals surface area contributed by atoms with E-state index in [0.29, 0.717) is 24.4 Å². The van der Waals surface area contributed by atoms with Crippen molar-refractivity contribution in [1.82, 2.24) is 10.6 Å². The molecule has 0 saturated heterocycles. The Morgan fingerprint density at radius 1 is 1.13 bits per heavy atom. The monoisotopic (exact) mass is 427 g/mol.